The lowest BCUT2D eigenvalue weighted by Gasteiger charge is -2.10. The van der Waals surface area contributed by atoms with Crippen LogP contribution in [0.4, 0.5) is 18.9 Å². The molecule has 0 spiro atoms. The van der Waals surface area contributed by atoms with Gasteiger partial charge in [0.25, 0.3) is 0 Å². The number of hydrogen-bond donors (Lipinski definition) is 2. The van der Waals surface area contributed by atoms with E-state index < -0.39 is 11.7 Å². The Morgan fingerprint density at radius 3 is 2.76 bits per heavy atom. The van der Waals surface area contributed by atoms with Crippen LogP contribution in [0.25, 0.3) is 0 Å². The van der Waals surface area contributed by atoms with Gasteiger partial charge in [0.15, 0.2) is 5.11 Å². The monoisotopic (exact) mass is 317 g/mol. The van der Waals surface area contributed by atoms with Gasteiger partial charge in [0.1, 0.15) is 0 Å². The number of hydrogen-bond acceptors (Lipinski definition) is 2. The number of nitrogens with one attached hydrogen (secondary N) is 2. The summed E-state index contributed by atoms with van der Waals surface area (Å²) in [5.41, 5.74) is 2.12. The van der Waals surface area contributed by atoms with Crippen molar-refractivity contribution < 1.29 is 13.2 Å². The van der Waals surface area contributed by atoms with Crippen LogP contribution in [-0.4, -0.2) is 11.3 Å². The Bertz CT molecular complexity index is 487. The second kappa shape index (κ2) is 8.61. The van der Waals surface area contributed by atoms with Crippen molar-refractivity contribution in [2.45, 2.75) is 38.8 Å². The second-order valence-corrected chi connectivity index (χ2v) is 4.86. The van der Waals surface area contributed by atoms with Crippen LogP contribution in [0.15, 0.2) is 29.4 Å². The molecule has 0 aromatic heterocycles. The van der Waals surface area contributed by atoms with Crippen LogP contribution in [0, 0.1) is 0 Å². The van der Waals surface area contributed by atoms with Crippen molar-refractivity contribution in [1.29, 1.82) is 0 Å². The Labute approximate surface area is 127 Å². The molecule has 3 nitrogen and oxygen atoms in total. The van der Waals surface area contributed by atoms with Gasteiger partial charge in [-0.15, -0.1) is 0 Å². The number of nitrogens with zero attached hydrogens (tertiary/aromatic N) is 1. The number of hydrazone groups is 1. The first kappa shape index (κ1) is 17.4. The minimum Gasteiger partial charge on any atom is -0.331 e. The molecule has 0 unspecified atom stereocenters. The molecule has 0 saturated carbocycles. The zero-order chi connectivity index (χ0) is 15.7. The molecule has 1 aromatic carbocycles. The van der Waals surface area contributed by atoms with Gasteiger partial charge in [-0.25, -0.2) is 0 Å². The number of thiocarbonyl (C=S) groups is 1. The van der Waals surface area contributed by atoms with E-state index in [1.165, 1.54) is 12.1 Å². The lowest BCUT2D eigenvalue weighted by molar-refractivity contribution is -0.137. The van der Waals surface area contributed by atoms with Gasteiger partial charge in [-0.05, 0) is 43.3 Å². The van der Waals surface area contributed by atoms with E-state index in [4.69, 9.17) is 12.2 Å². The Morgan fingerprint density at radius 1 is 1.33 bits per heavy atom. The lowest BCUT2D eigenvalue weighted by Crippen LogP contribution is -2.24. The van der Waals surface area contributed by atoms with E-state index in [9.17, 15) is 13.2 Å². The molecule has 0 aliphatic rings. The predicted molar refractivity (Wildman–Crippen MR) is 83.4 cm³/mol. The summed E-state index contributed by atoms with van der Waals surface area (Å²) in [4.78, 5) is 0. The van der Waals surface area contributed by atoms with Gasteiger partial charge >= 0.3 is 6.18 Å². The molecule has 21 heavy (non-hydrogen) atoms. The molecule has 116 valence electrons. The molecule has 0 atom stereocenters. The first-order valence-electron chi connectivity index (χ1n) is 6.69. The molecule has 0 aliphatic carbocycles. The Balaban J connectivity index is 2.44. The number of rotatable bonds is 6. The van der Waals surface area contributed by atoms with Gasteiger partial charge in [0, 0.05) is 11.9 Å². The second-order valence-electron chi connectivity index (χ2n) is 4.45. The molecule has 0 saturated heterocycles. The first-order valence-corrected chi connectivity index (χ1v) is 7.10. The van der Waals surface area contributed by atoms with Gasteiger partial charge in [-0.3, -0.25) is 5.43 Å². The van der Waals surface area contributed by atoms with Crippen molar-refractivity contribution in [2.24, 2.45) is 5.10 Å². The number of alkyl halides is 3. The summed E-state index contributed by atoms with van der Waals surface area (Å²) in [5.74, 6) is 0. The molecular weight excluding hydrogens is 299 g/mol. The van der Waals surface area contributed by atoms with E-state index in [2.05, 4.69) is 22.8 Å². The molecule has 0 bridgehead atoms. The highest BCUT2D eigenvalue weighted by Crippen LogP contribution is 2.30. The largest absolute Gasteiger partial charge is 0.416 e. The molecule has 7 heteroatoms. The molecule has 1 aromatic rings. The Kier molecular flexibility index (Phi) is 7.14. The molecule has 2 N–H and O–H groups in total. The first-order chi connectivity index (χ1) is 9.93. The van der Waals surface area contributed by atoms with E-state index >= 15 is 0 Å². The van der Waals surface area contributed by atoms with Crippen LogP contribution >= 0.6 is 12.2 Å². The summed E-state index contributed by atoms with van der Waals surface area (Å²) in [6, 6.07) is 4.84. The maximum Gasteiger partial charge on any atom is 0.416 e. The maximum absolute atomic E-state index is 12.6. The summed E-state index contributed by atoms with van der Waals surface area (Å²) < 4.78 is 37.7. The van der Waals surface area contributed by atoms with E-state index in [1.807, 2.05) is 0 Å². The third kappa shape index (κ3) is 7.08. The number of unbranched alkanes of at least 4 members (excludes halogenated alkanes) is 3. The fourth-order valence-corrected chi connectivity index (χ4v) is 1.76. The van der Waals surface area contributed by atoms with Crippen LogP contribution in [-0.2, 0) is 6.18 Å². The molecule has 1 rings (SSSR count). The summed E-state index contributed by atoms with van der Waals surface area (Å²) in [5, 5.41) is 6.73. The van der Waals surface area contributed by atoms with Gasteiger partial charge in [0.2, 0.25) is 0 Å². The smallest absolute Gasteiger partial charge is 0.331 e. The van der Waals surface area contributed by atoms with Crippen molar-refractivity contribution in [3.05, 3.63) is 29.8 Å². The molecule has 0 radical (unpaired) electrons. The summed E-state index contributed by atoms with van der Waals surface area (Å²) in [6.07, 6.45) is 1.50. The quantitative estimate of drug-likeness (QED) is 0.349. The highest BCUT2D eigenvalue weighted by atomic mass is 32.1. The van der Waals surface area contributed by atoms with Crippen LogP contribution < -0.4 is 10.7 Å². The minimum atomic E-state index is -4.37. The highest BCUT2D eigenvalue weighted by Gasteiger charge is 2.30. The summed E-state index contributed by atoms with van der Waals surface area (Å²) >= 11 is 4.96. The third-order valence-electron chi connectivity index (χ3n) is 2.64. The number of anilines is 1. The lowest BCUT2D eigenvalue weighted by atomic mass is 10.2. The fourth-order valence-electron chi connectivity index (χ4n) is 1.59. The zero-order valence-corrected chi connectivity index (χ0v) is 12.5. The van der Waals surface area contributed by atoms with E-state index in [0.29, 0.717) is 0 Å². The van der Waals surface area contributed by atoms with Gasteiger partial charge < -0.3 is 5.32 Å². The van der Waals surface area contributed by atoms with E-state index in [-0.39, 0.29) is 10.8 Å². The molecular formula is C14H18F3N3S. The predicted octanol–water partition coefficient (Wildman–Crippen LogP) is 4.56. The molecule has 0 aliphatic heterocycles. The van der Waals surface area contributed by atoms with E-state index in [1.54, 1.807) is 6.21 Å². The Morgan fingerprint density at radius 2 is 2.10 bits per heavy atom. The van der Waals surface area contributed by atoms with Gasteiger partial charge in [0.05, 0.1) is 5.56 Å². The Hall–Kier alpha value is -1.63. The summed E-state index contributed by atoms with van der Waals surface area (Å²) in [6.45, 7) is 2.11. The average molecular weight is 317 g/mol. The van der Waals surface area contributed by atoms with Crippen molar-refractivity contribution in [3.63, 3.8) is 0 Å². The molecule has 0 amide bonds. The number of benzene rings is 1. The van der Waals surface area contributed by atoms with Crippen molar-refractivity contribution in [2.75, 3.05) is 5.32 Å². The molecule has 0 fully saturated rings. The van der Waals surface area contributed by atoms with Crippen LogP contribution in [0.3, 0.4) is 0 Å². The van der Waals surface area contributed by atoms with E-state index in [0.717, 1.165) is 37.8 Å². The zero-order valence-electron chi connectivity index (χ0n) is 11.7. The topological polar surface area (TPSA) is 36.4 Å². The van der Waals surface area contributed by atoms with Crippen molar-refractivity contribution >= 4 is 29.2 Å². The van der Waals surface area contributed by atoms with Crippen LogP contribution in [0.5, 0.6) is 0 Å². The normalized spacial score (nSPS) is 11.6. The van der Waals surface area contributed by atoms with Gasteiger partial charge in [-0.2, -0.15) is 18.3 Å². The summed E-state index contributed by atoms with van der Waals surface area (Å²) in [7, 11) is 0. The SMILES string of the molecule is CCCCCC=NNC(=S)Nc1cccc(C(F)(F)F)c1. The van der Waals surface area contributed by atoms with Crippen molar-refractivity contribution in [3.8, 4) is 0 Å². The van der Waals surface area contributed by atoms with Crippen LogP contribution in [0.2, 0.25) is 0 Å². The highest BCUT2D eigenvalue weighted by molar-refractivity contribution is 7.80. The number of halogens is 3. The van der Waals surface area contributed by atoms with Crippen molar-refractivity contribution in [1.82, 2.24) is 5.43 Å². The standard InChI is InChI=1S/C14H18F3N3S/c1-2-3-4-5-9-18-20-13(21)19-12-8-6-7-11(10-12)14(15,16)17/h6-10H,2-5H2,1H3,(H2,19,20,21). The molecule has 0 heterocycles. The maximum atomic E-state index is 12.6. The fraction of sp³-hybridized carbons (Fsp3) is 0.429. The third-order valence-corrected chi connectivity index (χ3v) is 2.84. The average Bonchev–Trinajstić information content (AvgIpc) is 2.42. The van der Waals surface area contributed by atoms with Gasteiger partial charge in [-0.1, -0.05) is 25.8 Å². The minimum absolute atomic E-state index is 0.154. The van der Waals surface area contributed by atoms with Crippen LogP contribution in [0.1, 0.15) is 38.2 Å².